The number of carbonyl (C=O) groups excluding carboxylic acids is 2. The fourth-order valence-corrected chi connectivity index (χ4v) is 3.57. The predicted octanol–water partition coefficient (Wildman–Crippen LogP) is 4.78. The second-order valence-corrected chi connectivity index (χ2v) is 8.07. The average molecular weight is 447 g/mol. The number of fused-ring (bicyclic) bond motifs is 1. The van der Waals surface area contributed by atoms with Crippen molar-refractivity contribution >= 4 is 34.3 Å². The fraction of sp³-hybridized carbons (Fsp3) is 0.240. The molecule has 33 heavy (non-hydrogen) atoms. The Morgan fingerprint density at radius 3 is 2.61 bits per heavy atom. The van der Waals surface area contributed by atoms with Crippen molar-refractivity contribution in [2.24, 2.45) is 5.92 Å². The van der Waals surface area contributed by atoms with E-state index in [1.54, 1.807) is 47.4 Å². The van der Waals surface area contributed by atoms with Crippen LogP contribution in [0.15, 0.2) is 65.4 Å². The van der Waals surface area contributed by atoms with Gasteiger partial charge in [-0.15, -0.1) is 0 Å². The zero-order chi connectivity index (χ0) is 23.4. The Bertz CT molecular complexity index is 1260. The summed E-state index contributed by atoms with van der Waals surface area (Å²) in [4.78, 5) is 30.5. The van der Waals surface area contributed by atoms with E-state index in [1.807, 2.05) is 18.2 Å². The Balaban J connectivity index is 1.87. The molecule has 4 aromatic rings. The highest BCUT2D eigenvalue weighted by Crippen LogP contribution is 2.33. The molecule has 0 aliphatic rings. The maximum Gasteiger partial charge on any atom is 0.356 e. The smallest absolute Gasteiger partial charge is 0.356 e. The van der Waals surface area contributed by atoms with Crippen molar-refractivity contribution in [2.75, 3.05) is 24.3 Å². The van der Waals surface area contributed by atoms with Crippen LogP contribution in [0.3, 0.4) is 0 Å². The molecule has 8 nitrogen and oxygen atoms in total. The van der Waals surface area contributed by atoms with Crippen LogP contribution in [0.2, 0.25) is 0 Å². The molecule has 3 heterocycles. The Labute approximate surface area is 191 Å². The van der Waals surface area contributed by atoms with Gasteiger partial charge >= 0.3 is 5.97 Å². The molecule has 3 aromatic heterocycles. The highest BCUT2D eigenvalue weighted by atomic mass is 16.5. The zero-order valence-electron chi connectivity index (χ0n) is 18.8. The summed E-state index contributed by atoms with van der Waals surface area (Å²) in [5.41, 5.74) is 2.34. The maximum atomic E-state index is 13.0. The monoisotopic (exact) mass is 446 g/mol. The van der Waals surface area contributed by atoms with Crippen LogP contribution in [0, 0.1) is 5.92 Å². The Hall–Kier alpha value is -4.07. The molecule has 8 heteroatoms. The molecule has 0 bridgehead atoms. The molecule has 2 N–H and O–H groups in total. The molecule has 1 aromatic carbocycles. The van der Waals surface area contributed by atoms with Crippen molar-refractivity contribution in [3.63, 3.8) is 0 Å². The average Bonchev–Trinajstić information content (AvgIpc) is 3.44. The lowest BCUT2D eigenvalue weighted by Gasteiger charge is -2.10. The van der Waals surface area contributed by atoms with Gasteiger partial charge in [0.25, 0.3) is 5.91 Å². The van der Waals surface area contributed by atoms with Crippen LogP contribution in [0.1, 0.15) is 40.5 Å². The Morgan fingerprint density at radius 1 is 1.15 bits per heavy atom. The molecule has 0 fully saturated rings. The van der Waals surface area contributed by atoms with E-state index in [-0.39, 0.29) is 18.1 Å². The normalized spacial score (nSPS) is 11.0. The quantitative estimate of drug-likeness (QED) is 0.378. The maximum absolute atomic E-state index is 13.0. The van der Waals surface area contributed by atoms with Gasteiger partial charge in [-0.3, -0.25) is 4.79 Å². The standard InChI is InChI=1S/C25H26N4O4/c1-16(2)13-26-18-12-20-21(28-24(30)17-8-5-4-6-9-17)22(25(31)32-3)29(23(20)27-14-18)15-19-10-7-11-33-19/h4-12,14,16,26H,13,15H2,1-3H3,(H,28,30). The van der Waals surface area contributed by atoms with Crippen LogP contribution >= 0.6 is 0 Å². The lowest BCUT2D eigenvalue weighted by atomic mass is 10.2. The molecular weight excluding hydrogens is 420 g/mol. The number of aromatic nitrogens is 2. The van der Waals surface area contributed by atoms with Gasteiger partial charge in [0.05, 0.1) is 37.5 Å². The van der Waals surface area contributed by atoms with E-state index in [0.717, 1.165) is 12.2 Å². The summed E-state index contributed by atoms with van der Waals surface area (Å²) in [7, 11) is 1.31. The highest BCUT2D eigenvalue weighted by molar-refractivity contribution is 6.14. The number of nitrogens with zero attached hydrogens (tertiary/aromatic N) is 2. The molecule has 0 aliphatic carbocycles. The van der Waals surface area contributed by atoms with Crippen LogP contribution in [-0.2, 0) is 11.3 Å². The summed E-state index contributed by atoms with van der Waals surface area (Å²) in [6.07, 6.45) is 3.28. The van der Waals surface area contributed by atoms with Gasteiger partial charge < -0.3 is 24.4 Å². The minimum atomic E-state index is -0.584. The number of pyridine rings is 1. The van der Waals surface area contributed by atoms with E-state index in [4.69, 9.17) is 9.15 Å². The number of esters is 1. The Kier molecular flexibility index (Phi) is 6.44. The lowest BCUT2D eigenvalue weighted by molar-refractivity contribution is 0.0590. The number of hydrogen-bond donors (Lipinski definition) is 2. The first-order valence-corrected chi connectivity index (χ1v) is 10.7. The van der Waals surface area contributed by atoms with Gasteiger partial charge in [-0.1, -0.05) is 32.0 Å². The second-order valence-electron chi connectivity index (χ2n) is 8.07. The number of nitrogens with one attached hydrogen (secondary N) is 2. The summed E-state index contributed by atoms with van der Waals surface area (Å²) in [6, 6.07) is 14.3. The SMILES string of the molecule is COC(=O)c1c(NC(=O)c2ccccc2)c2cc(NCC(C)C)cnc2n1Cc1ccco1. The van der Waals surface area contributed by atoms with Gasteiger partial charge in [-0.25, -0.2) is 9.78 Å². The topological polar surface area (TPSA) is 98.4 Å². The number of benzene rings is 1. The third-order valence-corrected chi connectivity index (χ3v) is 5.16. The summed E-state index contributed by atoms with van der Waals surface area (Å²) >= 11 is 0. The number of anilines is 2. The van der Waals surface area contributed by atoms with Gasteiger partial charge in [0.15, 0.2) is 5.69 Å². The van der Waals surface area contributed by atoms with E-state index in [1.165, 1.54) is 7.11 Å². The molecule has 0 aliphatic heterocycles. The van der Waals surface area contributed by atoms with Gasteiger partial charge in [-0.2, -0.15) is 0 Å². The summed E-state index contributed by atoms with van der Waals surface area (Å²) < 4.78 is 12.3. The number of ether oxygens (including phenoxy) is 1. The van der Waals surface area contributed by atoms with Crippen LogP contribution in [0.4, 0.5) is 11.4 Å². The zero-order valence-corrected chi connectivity index (χ0v) is 18.8. The minimum Gasteiger partial charge on any atom is -0.467 e. The molecule has 0 saturated carbocycles. The molecule has 170 valence electrons. The van der Waals surface area contributed by atoms with Gasteiger partial charge in [0.2, 0.25) is 0 Å². The molecular formula is C25H26N4O4. The van der Waals surface area contributed by atoms with Crippen molar-refractivity contribution in [1.82, 2.24) is 9.55 Å². The highest BCUT2D eigenvalue weighted by Gasteiger charge is 2.27. The van der Waals surface area contributed by atoms with Crippen LogP contribution in [0.25, 0.3) is 11.0 Å². The first-order chi connectivity index (χ1) is 16.0. The lowest BCUT2D eigenvalue weighted by Crippen LogP contribution is -2.17. The number of rotatable bonds is 8. The van der Waals surface area contributed by atoms with Crippen molar-refractivity contribution in [1.29, 1.82) is 0 Å². The first kappa shape index (κ1) is 22.1. The first-order valence-electron chi connectivity index (χ1n) is 10.7. The molecule has 0 unspecified atom stereocenters. The van der Waals surface area contributed by atoms with E-state index in [0.29, 0.717) is 34.0 Å². The number of furan rings is 1. The Morgan fingerprint density at radius 2 is 1.94 bits per heavy atom. The summed E-state index contributed by atoms with van der Waals surface area (Å²) in [5.74, 6) is 0.159. The van der Waals surface area contributed by atoms with E-state index in [9.17, 15) is 9.59 Å². The van der Waals surface area contributed by atoms with Gasteiger partial charge in [-0.05, 0) is 36.2 Å². The predicted molar refractivity (Wildman–Crippen MR) is 127 cm³/mol. The number of carbonyl (C=O) groups is 2. The molecule has 4 rings (SSSR count). The molecule has 0 saturated heterocycles. The van der Waals surface area contributed by atoms with E-state index in [2.05, 4.69) is 29.5 Å². The van der Waals surface area contributed by atoms with E-state index >= 15 is 0 Å². The largest absolute Gasteiger partial charge is 0.467 e. The number of amides is 1. The number of methoxy groups -OCH3 is 1. The van der Waals surface area contributed by atoms with E-state index < -0.39 is 5.97 Å². The summed E-state index contributed by atoms with van der Waals surface area (Å²) in [6.45, 7) is 5.23. The molecule has 0 spiro atoms. The summed E-state index contributed by atoms with van der Waals surface area (Å²) in [5, 5.41) is 6.89. The molecule has 0 atom stereocenters. The third-order valence-electron chi connectivity index (χ3n) is 5.16. The van der Waals surface area contributed by atoms with Gasteiger partial charge in [0, 0.05) is 17.5 Å². The van der Waals surface area contributed by atoms with Crippen molar-refractivity contribution in [2.45, 2.75) is 20.4 Å². The minimum absolute atomic E-state index is 0.196. The van der Waals surface area contributed by atoms with Crippen LogP contribution < -0.4 is 10.6 Å². The van der Waals surface area contributed by atoms with Crippen LogP contribution in [-0.4, -0.2) is 35.1 Å². The van der Waals surface area contributed by atoms with Crippen molar-refractivity contribution < 1.29 is 18.7 Å². The van der Waals surface area contributed by atoms with Crippen molar-refractivity contribution in [3.05, 3.63) is 78.0 Å². The number of hydrogen-bond acceptors (Lipinski definition) is 6. The molecule has 0 radical (unpaired) electrons. The molecule has 1 amide bonds. The fourth-order valence-electron chi connectivity index (χ4n) is 3.57. The van der Waals surface area contributed by atoms with Gasteiger partial charge in [0.1, 0.15) is 11.4 Å². The second kappa shape index (κ2) is 9.60. The third kappa shape index (κ3) is 4.74. The van der Waals surface area contributed by atoms with Crippen molar-refractivity contribution in [3.8, 4) is 0 Å². The van der Waals surface area contributed by atoms with Crippen LogP contribution in [0.5, 0.6) is 0 Å².